The molecule has 0 saturated carbocycles. The van der Waals surface area contributed by atoms with E-state index >= 15 is 0 Å². The zero-order valence-electron chi connectivity index (χ0n) is 11.6. The monoisotopic (exact) mass is 282 g/mol. The molecule has 0 radical (unpaired) electrons. The Labute approximate surface area is 118 Å². The second-order valence-electron chi connectivity index (χ2n) is 5.23. The Balaban J connectivity index is 2.01. The minimum Gasteiger partial charge on any atom is -0.394 e. The fourth-order valence-electron chi connectivity index (χ4n) is 2.48. The van der Waals surface area contributed by atoms with Gasteiger partial charge in [-0.1, -0.05) is 30.3 Å². The lowest BCUT2D eigenvalue weighted by molar-refractivity contribution is -0.148. The van der Waals surface area contributed by atoms with Crippen molar-refractivity contribution in [1.82, 2.24) is 0 Å². The topological polar surface area (TPSA) is 79.2 Å². The Kier molecular flexibility index (Phi) is 5.51. The van der Waals surface area contributed by atoms with Crippen LogP contribution in [0.3, 0.4) is 0 Å². The van der Waals surface area contributed by atoms with Crippen molar-refractivity contribution in [3.05, 3.63) is 35.9 Å². The van der Waals surface area contributed by atoms with E-state index in [4.69, 9.17) is 14.6 Å². The highest BCUT2D eigenvalue weighted by molar-refractivity contribution is 5.13. The standard InChI is InChI=1S/C15H22O5/c1-10-7-12(17)15(20-10)14(13(18)8-16)19-9-11-5-3-2-4-6-11/h2-6,10,12-18H,7-9H2,1H3/t10?,12-,13+,14-,15-/m1/s1. The molecule has 20 heavy (non-hydrogen) atoms. The second-order valence-corrected chi connectivity index (χ2v) is 5.23. The summed E-state index contributed by atoms with van der Waals surface area (Å²) in [6.45, 7) is 1.73. The van der Waals surface area contributed by atoms with Gasteiger partial charge in [-0.15, -0.1) is 0 Å². The van der Waals surface area contributed by atoms with Crippen LogP contribution < -0.4 is 0 Å². The molecule has 0 bridgehead atoms. The van der Waals surface area contributed by atoms with Gasteiger partial charge in [-0.3, -0.25) is 0 Å². The number of hydrogen-bond acceptors (Lipinski definition) is 5. The maximum atomic E-state index is 9.97. The van der Waals surface area contributed by atoms with Crippen molar-refractivity contribution in [2.24, 2.45) is 0 Å². The number of hydrogen-bond donors (Lipinski definition) is 3. The fraction of sp³-hybridized carbons (Fsp3) is 0.600. The van der Waals surface area contributed by atoms with Crippen LogP contribution in [0.15, 0.2) is 30.3 Å². The molecule has 1 unspecified atom stereocenters. The van der Waals surface area contributed by atoms with Crippen LogP contribution in [0.5, 0.6) is 0 Å². The van der Waals surface area contributed by atoms with Gasteiger partial charge in [-0.2, -0.15) is 0 Å². The van der Waals surface area contributed by atoms with Gasteiger partial charge in [0, 0.05) is 6.42 Å². The van der Waals surface area contributed by atoms with Crippen molar-refractivity contribution in [3.8, 4) is 0 Å². The van der Waals surface area contributed by atoms with Gasteiger partial charge in [-0.05, 0) is 12.5 Å². The van der Waals surface area contributed by atoms with Crippen molar-refractivity contribution >= 4 is 0 Å². The van der Waals surface area contributed by atoms with Crippen molar-refractivity contribution in [3.63, 3.8) is 0 Å². The summed E-state index contributed by atoms with van der Waals surface area (Å²) in [4.78, 5) is 0. The van der Waals surface area contributed by atoms with Crippen molar-refractivity contribution in [1.29, 1.82) is 0 Å². The minimum absolute atomic E-state index is 0.0799. The molecule has 0 aromatic heterocycles. The lowest BCUT2D eigenvalue weighted by atomic mass is 10.0. The van der Waals surface area contributed by atoms with E-state index in [-0.39, 0.29) is 6.10 Å². The van der Waals surface area contributed by atoms with E-state index in [2.05, 4.69) is 0 Å². The molecule has 1 saturated heterocycles. The maximum absolute atomic E-state index is 9.97. The van der Waals surface area contributed by atoms with Crippen LogP contribution in [0, 0.1) is 0 Å². The first-order valence-electron chi connectivity index (χ1n) is 6.89. The summed E-state index contributed by atoms with van der Waals surface area (Å²) in [6, 6.07) is 9.54. The highest BCUT2D eigenvalue weighted by Crippen LogP contribution is 2.26. The molecule has 1 fully saturated rings. The van der Waals surface area contributed by atoms with Crippen LogP contribution in [0.25, 0.3) is 0 Å². The van der Waals surface area contributed by atoms with Crippen molar-refractivity contribution in [2.75, 3.05) is 6.61 Å². The molecule has 1 aromatic carbocycles. The predicted octanol–water partition coefficient (Wildman–Crippen LogP) is 0.463. The minimum atomic E-state index is -1.08. The van der Waals surface area contributed by atoms with Gasteiger partial charge in [-0.25, -0.2) is 0 Å². The number of benzene rings is 1. The number of rotatable bonds is 6. The van der Waals surface area contributed by atoms with Crippen molar-refractivity contribution in [2.45, 2.75) is 50.5 Å². The van der Waals surface area contributed by atoms with Crippen LogP contribution in [0.4, 0.5) is 0 Å². The molecular weight excluding hydrogens is 260 g/mol. The van der Waals surface area contributed by atoms with Gasteiger partial charge in [0.2, 0.25) is 0 Å². The average molecular weight is 282 g/mol. The van der Waals surface area contributed by atoms with E-state index in [1.54, 1.807) is 0 Å². The van der Waals surface area contributed by atoms with Gasteiger partial charge < -0.3 is 24.8 Å². The fourth-order valence-corrected chi connectivity index (χ4v) is 2.48. The lowest BCUT2D eigenvalue weighted by Crippen LogP contribution is -2.46. The van der Waals surface area contributed by atoms with Crippen LogP contribution in [-0.2, 0) is 16.1 Å². The first-order valence-corrected chi connectivity index (χ1v) is 6.89. The van der Waals surface area contributed by atoms with E-state index < -0.39 is 31.0 Å². The Morgan fingerprint density at radius 3 is 2.60 bits per heavy atom. The quantitative estimate of drug-likeness (QED) is 0.706. The molecule has 1 heterocycles. The SMILES string of the molecule is CC1C[C@@H](O)[C@H]([C@H](OCc2ccccc2)[C@@H](O)CO)O1. The summed E-state index contributed by atoms with van der Waals surface area (Å²) in [5.41, 5.74) is 0.961. The number of ether oxygens (including phenoxy) is 2. The summed E-state index contributed by atoms with van der Waals surface area (Å²) in [6.07, 6.45) is -2.70. The third-order valence-corrected chi connectivity index (χ3v) is 3.52. The smallest absolute Gasteiger partial charge is 0.115 e. The Morgan fingerprint density at radius 2 is 2.05 bits per heavy atom. The molecule has 2 rings (SSSR count). The molecular formula is C15H22O5. The first-order chi connectivity index (χ1) is 9.61. The van der Waals surface area contributed by atoms with E-state index in [0.29, 0.717) is 13.0 Å². The Morgan fingerprint density at radius 1 is 1.35 bits per heavy atom. The van der Waals surface area contributed by atoms with Gasteiger partial charge in [0.15, 0.2) is 0 Å². The predicted molar refractivity (Wildman–Crippen MR) is 73.1 cm³/mol. The van der Waals surface area contributed by atoms with E-state index in [0.717, 1.165) is 5.56 Å². The lowest BCUT2D eigenvalue weighted by Gasteiger charge is -2.29. The molecule has 1 aliphatic rings. The molecule has 5 atom stereocenters. The molecule has 5 heteroatoms. The van der Waals surface area contributed by atoms with Crippen LogP contribution >= 0.6 is 0 Å². The molecule has 112 valence electrons. The number of aliphatic hydroxyl groups is 3. The molecule has 0 spiro atoms. The Bertz CT molecular complexity index is 397. The van der Waals surface area contributed by atoms with Crippen LogP contribution in [-0.4, -0.2) is 52.4 Å². The highest BCUT2D eigenvalue weighted by Gasteiger charge is 2.41. The molecule has 1 aliphatic heterocycles. The average Bonchev–Trinajstić information content (AvgIpc) is 2.79. The summed E-state index contributed by atoms with van der Waals surface area (Å²) in [7, 11) is 0. The normalized spacial score (nSPS) is 29.3. The van der Waals surface area contributed by atoms with E-state index in [1.165, 1.54) is 0 Å². The molecule has 0 amide bonds. The Hall–Kier alpha value is -0.980. The molecule has 1 aromatic rings. The summed E-state index contributed by atoms with van der Waals surface area (Å²) < 4.78 is 11.3. The van der Waals surface area contributed by atoms with Crippen LogP contribution in [0.2, 0.25) is 0 Å². The van der Waals surface area contributed by atoms with Gasteiger partial charge >= 0.3 is 0 Å². The largest absolute Gasteiger partial charge is 0.394 e. The number of aliphatic hydroxyl groups excluding tert-OH is 3. The van der Waals surface area contributed by atoms with Gasteiger partial charge in [0.1, 0.15) is 18.3 Å². The second kappa shape index (κ2) is 7.15. The summed E-state index contributed by atoms with van der Waals surface area (Å²) in [5, 5.41) is 29.0. The van der Waals surface area contributed by atoms with Crippen LogP contribution in [0.1, 0.15) is 18.9 Å². The molecule has 5 nitrogen and oxygen atoms in total. The van der Waals surface area contributed by atoms with Crippen molar-refractivity contribution < 1.29 is 24.8 Å². The molecule has 3 N–H and O–H groups in total. The van der Waals surface area contributed by atoms with E-state index in [1.807, 2.05) is 37.3 Å². The highest BCUT2D eigenvalue weighted by atomic mass is 16.6. The zero-order chi connectivity index (χ0) is 14.5. The first kappa shape index (κ1) is 15.4. The molecule has 0 aliphatic carbocycles. The third-order valence-electron chi connectivity index (χ3n) is 3.52. The summed E-state index contributed by atoms with van der Waals surface area (Å²) in [5.74, 6) is 0. The zero-order valence-corrected chi connectivity index (χ0v) is 11.6. The summed E-state index contributed by atoms with van der Waals surface area (Å²) >= 11 is 0. The van der Waals surface area contributed by atoms with E-state index in [9.17, 15) is 10.2 Å². The third kappa shape index (κ3) is 3.77. The van der Waals surface area contributed by atoms with Gasteiger partial charge in [0.25, 0.3) is 0 Å². The van der Waals surface area contributed by atoms with Gasteiger partial charge in [0.05, 0.1) is 25.4 Å². The maximum Gasteiger partial charge on any atom is 0.115 e.